The van der Waals surface area contributed by atoms with Crippen LogP contribution >= 0.6 is 11.6 Å². The maximum absolute atomic E-state index is 13.9. The SMILES string of the molecule is CCc1cc(CC(N)c2cc(F)c(Cl)cc2F)n(CC)n1. The predicted octanol–water partition coefficient (Wildman–Crippen LogP) is 3.64. The third-order valence-corrected chi connectivity index (χ3v) is 3.73. The average molecular weight is 314 g/mol. The molecule has 0 fully saturated rings. The van der Waals surface area contributed by atoms with E-state index in [1.807, 2.05) is 24.6 Å². The van der Waals surface area contributed by atoms with Crippen LogP contribution in [-0.2, 0) is 19.4 Å². The summed E-state index contributed by atoms with van der Waals surface area (Å²) in [6, 6.07) is 3.33. The van der Waals surface area contributed by atoms with Gasteiger partial charge >= 0.3 is 0 Å². The lowest BCUT2D eigenvalue weighted by molar-refractivity contribution is 0.544. The number of halogens is 3. The quantitative estimate of drug-likeness (QED) is 0.856. The van der Waals surface area contributed by atoms with Gasteiger partial charge in [0.1, 0.15) is 11.6 Å². The molecule has 2 N–H and O–H groups in total. The Morgan fingerprint density at radius 2 is 1.95 bits per heavy atom. The Morgan fingerprint density at radius 3 is 2.57 bits per heavy atom. The van der Waals surface area contributed by atoms with Crippen LogP contribution in [0, 0.1) is 11.6 Å². The van der Waals surface area contributed by atoms with E-state index >= 15 is 0 Å². The molecule has 0 aliphatic carbocycles. The molecule has 1 atom stereocenters. The van der Waals surface area contributed by atoms with Crippen LogP contribution < -0.4 is 5.73 Å². The van der Waals surface area contributed by atoms with E-state index in [1.165, 1.54) is 0 Å². The fraction of sp³-hybridized carbons (Fsp3) is 0.400. The van der Waals surface area contributed by atoms with Gasteiger partial charge < -0.3 is 5.73 Å². The van der Waals surface area contributed by atoms with Gasteiger partial charge in [0.05, 0.1) is 10.7 Å². The topological polar surface area (TPSA) is 43.8 Å². The van der Waals surface area contributed by atoms with Crippen LogP contribution in [0.1, 0.15) is 36.8 Å². The number of nitrogens with two attached hydrogens (primary N) is 1. The summed E-state index contributed by atoms with van der Waals surface area (Å²) in [4.78, 5) is 0. The molecular weight excluding hydrogens is 296 g/mol. The average Bonchev–Trinajstić information content (AvgIpc) is 2.84. The Bertz CT molecular complexity index is 640. The van der Waals surface area contributed by atoms with Crippen molar-refractivity contribution in [2.24, 2.45) is 5.73 Å². The van der Waals surface area contributed by atoms with Crippen LogP contribution in [0.5, 0.6) is 0 Å². The van der Waals surface area contributed by atoms with E-state index < -0.39 is 17.7 Å². The standard InChI is InChI=1S/C15H18ClF2N3/c1-3-9-5-10(21(4-2)20-9)6-15(19)11-7-14(18)12(16)8-13(11)17/h5,7-8,15H,3-4,6,19H2,1-2H3. The van der Waals surface area contributed by atoms with Crippen molar-refractivity contribution < 1.29 is 8.78 Å². The van der Waals surface area contributed by atoms with E-state index in [2.05, 4.69) is 5.10 Å². The molecule has 0 saturated carbocycles. The summed E-state index contributed by atoms with van der Waals surface area (Å²) in [5.41, 5.74) is 8.03. The maximum atomic E-state index is 13.9. The Morgan fingerprint density at radius 1 is 1.24 bits per heavy atom. The highest BCUT2D eigenvalue weighted by molar-refractivity contribution is 6.30. The van der Waals surface area contributed by atoms with Gasteiger partial charge in [-0.15, -0.1) is 0 Å². The van der Waals surface area contributed by atoms with Crippen LogP contribution in [0.2, 0.25) is 5.02 Å². The number of hydrogen-bond donors (Lipinski definition) is 1. The normalized spacial score (nSPS) is 12.7. The maximum Gasteiger partial charge on any atom is 0.142 e. The zero-order chi connectivity index (χ0) is 15.6. The second-order valence-electron chi connectivity index (χ2n) is 4.89. The van der Waals surface area contributed by atoms with Crippen molar-refractivity contribution in [2.45, 2.75) is 39.3 Å². The molecule has 1 unspecified atom stereocenters. The Balaban J connectivity index is 2.27. The summed E-state index contributed by atoms with van der Waals surface area (Å²) < 4.78 is 29.2. The third kappa shape index (κ3) is 3.41. The lowest BCUT2D eigenvalue weighted by Gasteiger charge is -2.14. The van der Waals surface area contributed by atoms with Gasteiger partial charge in [-0.3, -0.25) is 4.68 Å². The smallest absolute Gasteiger partial charge is 0.142 e. The van der Waals surface area contributed by atoms with Gasteiger partial charge in [-0.05, 0) is 31.5 Å². The van der Waals surface area contributed by atoms with Crippen LogP contribution in [-0.4, -0.2) is 9.78 Å². The van der Waals surface area contributed by atoms with Crippen molar-refractivity contribution in [1.82, 2.24) is 9.78 Å². The van der Waals surface area contributed by atoms with Gasteiger partial charge in [0, 0.05) is 30.3 Å². The van der Waals surface area contributed by atoms with E-state index in [4.69, 9.17) is 17.3 Å². The van der Waals surface area contributed by atoms with Gasteiger partial charge in [0.15, 0.2) is 0 Å². The summed E-state index contributed by atoms with van der Waals surface area (Å²) in [6.45, 7) is 4.70. The van der Waals surface area contributed by atoms with E-state index in [1.54, 1.807) is 0 Å². The molecule has 1 aromatic carbocycles. The summed E-state index contributed by atoms with van der Waals surface area (Å²) in [7, 11) is 0. The summed E-state index contributed by atoms with van der Waals surface area (Å²) >= 11 is 5.55. The minimum absolute atomic E-state index is 0.124. The third-order valence-electron chi connectivity index (χ3n) is 3.44. The zero-order valence-corrected chi connectivity index (χ0v) is 12.8. The second kappa shape index (κ2) is 6.54. The minimum atomic E-state index is -0.665. The van der Waals surface area contributed by atoms with E-state index in [9.17, 15) is 8.78 Å². The predicted molar refractivity (Wildman–Crippen MR) is 79.3 cm³/mol. The van der Waals surface area contributed by atoms with E-state index in [0.29, 0.717) is 13.0 Å². The number of rotatable bonds is 5. The van der Waals surface area contributed by atoms with Crippen LogP contribution in [0.15, 0.2) is 18.2 Å². The van der Waals surface area contributed by atoms with Gasteiger partial charge in [-0.25, -0.2) is 8.78 Å². The molecule has 114 valence electrons. The molecule has 2 aromatic rings. The van der Waals surface area contributed by atoms with Gasteiger partial charge in [0.25, 0.3) is 0 Å². The van der Waals surface area contributed by atoms with Crippen molar-refractivity contribution in [1.29, 1.82) is 0 Å². The molecule has 1 heterocycles. The van der Waals surface area contributed by atoms with Crippen LogP contribution in [0.3, 0.4) is 0 Å². The Hall–Kier alpha value is -1.46. The zero-order valence-electron chi connectivity index (χ0n) is 12.0. The lowest BCUT2D eigenvalue weighted by Crippen LogP contribution is -2.17. The van der Waals surface area contributed by atoms with Crippen molar-refractivity contribution in [3.63, 3.8) is 0 Å². The van der Waals surface area contributed by atoms with Crippen molar-refractivity contribution >= 4 is 11.6 Å². The first-order valence-electron chi connectivity index (χ1n) is 6.91. The van der Waals surface area contributed by atoms with Crippen molar-refractivity contribution in [3.05, 3.63) is 51.8 Å². The lowest BCUT2D eigenvalue weighted by atomic mass is 10.0. The molecule has 0 aliphatic heterocycles. The molecule has 0 aliphatic rings. The summed E-state index contributed by atoms with van der Waals surface area (Å²) in [5.74, 6) is -1.26. The molecule has 0 saturated heterocycles. The first-order valence-corrected chi connectivity index (χ1v) is 7.29. The number of nitrogens with zero attached hydrogens (tertiary/aromatic N) is 2. The number of aromatic nitrogens is 2. The Kier molecular flexibility index (Phi) is 4.96. The fourth-order valence-electron chi connectivity index (χ4n) is 2.28. The fourth-order valence-corrected chi connectivity index (χ4v) is 2.43. The molecule has 3 nitrogen and oxygen atoms in total. The van der Waals surface area contributed by atoms with Gasteiger partial charge in [-0.2, -0.15) is 5.10 Å². The number of aryl methyl sites for hydroxylation is 2. The first-order chi connectivity index (χ1) is 9.96. The molecule has 0 spiro atoms. The highest BCUT2D eigenvalue weighted by atomic mass is 35.5. The number of hydrogen-bond acceptors (Lipinski definition) is 2. The largest absolute Gasteiger partial charge is 0.324 e. The molecule has 21 heavy (non-hydrogen) atoms. The molecule has 1 aromatic heterocycles. The molecule has 0 amide bonds. The van der Waals surface area contributed by atoms with E-state index in [0.717, 1.165) is 29.9 Å². The molecule has 2 rings (SSSR count). The molecule has 0 radical (unpaired) electrons. The van der Waals surface area contributed by atoms with Crippen LogP contribution in [0.25, 0.3) is 0 Å². The first kappa shape index (κ1) is 15.9. The molecular formula is C15H18ClF2N3. The highest BCUT2D eigenvalue weighted by Crippen LogP contribution is 2.25. The van der Waals surface area contributed by atoms with Crippen molar-refractivity contribution in [3.8, 4) is 0 Å². The Labute approximate surface area is 127 Å². The monoisotopic (exact) mass is 313 g/mol. The van der Waals surface area contributed by atoms with Crippen molar-refractivity contribution in [2.75, 3.05) is 0 Å². The van der Waals surface area contributed by atoms with Gasteiger partial charge in [0.2, 0.25) is 0 Å². The summed E-state index contributed by atoms with van der Waals surface area (Å²) in [6.07, 6.45) is 1.21. The number of benzene rings is 1. The summed E-state index contributed by atoms with van der Waals surface area (Å²) in [5, 5.41) is 4.18. The second-order valence-corrected chi connectivity index (χ2v) is 5.30. The van der Waals surface area contributed by atoms with Crippen LogP contribution in [0.4, 0.5) is 8.78 Å². The molecule has 0 bridgehead atoms. The van der Waals surface area contributed by atoms with Gasteiger partial charge in [-0.1, -0.05) is 18.5 Å². The highest BCUT2D eigenvalue weighted by Gasteiger charge is 2.17. The molecule has 6 heteroatoms. The van der Waals surface area contributed by atoms with E-state index in [-0.39, 0.29) is 10.6 Å². The minimum Gasteiger partial charge on any atom is -0.324 e.